The Hall–Kier alpha value is -2.12. The van der Waals surface area contributed by atoms with Gasteiger partial charge in [-0.2, -0.15) is 0 Å². The summed E-state index contributed by atoms with van der Waals surface area (Å²) >= 11 is 16.7. The Balaban J connectivity index is 1.56. The van der Waals surface area contributed by atoms with Gasteiger partial charge < -0.3 is 9.80 Å². The number of aryl methyl sites for hydroxylation is 2. The molecular weight excluding hydrogens is 634 g/mol. The van der Waals surface area contributed by atoms with E-state index in [4.69, 9.17) is 23.2 Å². The summed E-state index contributed by atoms with van der Waals surface area (Å²) in [6, 6.07) is 29.1. The second kappa shape index (κ2) is 14.4. The number of halogens is 2. The molecule has 0 radical (unpaired) electrons. The van der Waals surface area contributed by atoms with Crippen molar-refractivity contribution in [2.75, 3.05) is 22.9 Å². The number of anilines is 2. The quantitative estimate of drug-likeness (QED) is 0.188. The third-order valence-corrected chi connectivity index (χ3v) is 19.5. The summed E-state index contributed by atoms with van der Waals surface area (Å²) in [5.74, 6) is 4.10. The van der Waals surface area contributed by atoms with E-state index in [-0.39, 0.29) is 5.38 Å². The Labute approximate surface area is 294 Å². The summed E-state index contributed by atoms with van der Waals surface area (Å²) in [7, 11) is 0. The average molecular weight is 688 g/mol. The number of rotatable bonds is 6. The molecule has 250 valence electrons. The van der Waals surface area contributed by atoms with Crippen LogP contribution in [0.5, 0.6) is 0 Å². The predicted molar refractivity (Wildman–Crippen MR) is 208 cm³/mol. The first-order chi connectivity index (χ1) is 22.9. The standard InChI is InChI=1S/C42H53Cl2N2P/c1-32-17-12-14-26-38(32)45-29-30-46(39-27-15-13-18-33(39)2)41(45)40-37(43)25-16-28-42(40,44)47(35-21-8-4-9-22-35,36-23-10-5-11-24-36)31-34-19-6-3-7-20-34/h3,6-7,12-15,17-20,26-27,31,35-37H,4-5,8-11,16,21-25,28-30H2,1-2H3. The molecule has 0 amide bonds. The van der Waals surface area contributed by atoms with Crippen LogP contribution in [-0.2, 0) is 0 Å². The van der Waals surface area contributed by atoms with E-state index < -0.39 is 11.5 Å². The van der Waals surface area contributed by atoms with Gasteiger partial charge in [-0.3, -0.25) is 0 Å². The second-order valence-corrected chi connectivity index (χ2v) is 20.3. The maximum Gasteiger partial charge on any atom is 0.116 e. The summed E-state index contributed by atoms with van der Waals surface area (Å²) in [6.45, 7) is 4.35. The molecule has 2 unspecified atom stereocenters. The van der Waals surface area contributed by atoms with Crippen molar-refractivity contribution >= 4 is 47.3 Å². The molecule has 5 heteroatoms. The Bertz CT molecular complexity index is 1540. The fourth-order valence-corrected chi connectivity index (χ4v) is 18.4. The van der Waals surface area contributed by atoms with E-state index >= 15 is 0 Å². The van der Waals surface area contributed by atoms with Crippen LogP contribution in [0.2, 0.25) is 0 Å². The van der Waals surface area contributed by atoms with Crippen molar-refractivity contribution in [2.24, 2.45) is 0 Å². The van der Waals surface area contributed by atoms with Crippen LogP contribution in [0.3, 0.4) is 0 Å². The monoisotopic (exact) mass is 686 g/mol. The van der Waals surface area contributed by atoms with Gasteiger partial charge in [0.1, 0.15) is 5.82 Å². The molecule has 3 saturated carbocycles. The van der Waals surface area contributed by atoms with Crippen LogP contribution in [0.25, 0.3) is 0 Å². The van der Waals surface area contributed by atoms with Crippen molar-refractivity contribution in [1.82, 2.24) is 0 Å². The van der Waals surface area contributed by atoms with Crippen LogP contribution < -0.4 is 9.80 Å². The van der Waals surface area contributed by atoms with Crippen LogP contribution in [0.1, 0.15) is 100 Å². The molecule has 4 fully saturated rings. The van der Waals surface area contributed by atoms with Gasteiger partial charge in [0.25, 0.3) is 0 Å². The normalized spacial score (nSPS) is 25.0. The van der Waals surface area contributed by atoms with Crippen molar-refractivity contribution in [3.8, 4) is 0 Å². The van der Waals surface area contributed by atoms with Crippen molar-refractivity contribution in [2.45, 2.75) is 119 Å². The number of hydrogen-bond donors (Lipinski definition) is 0. The number of para-hydroxylation sites is 2. The Morgan fingerprint density at radius 1 is 0.638 bits per heavy atom. The van der Waals surface area contributed by atoms with Gasteiger partial charge in [0.05, 0.1) is 9.99 Å². The zero-order valence-electron chi connectivity index (χ0n) is 28.5. The number of nitrogens with zero attached hydrogens (tertiary/aromatic N) is 2. The number of benzene rings is 3. The molecule has 3 aliphatic carbocycles. The third-order valence-electron chi connectivity index (χ3n) is 11.9. The Morgan fingerprint density at radius 2 is 1.13 bits per heavy atom. The lowest BCUT2D eigenvalue weighted by molar-refractivity contribution is 0.469. The molecule has 0 spiro atoms. The van der Waals surface area contributed by atoms with Crippen molar-refractivity contribution in [3.05, 3.63) is 107 Å². The molecular formula is C42H53Cl2N2P. The lowest BCUT2D eigenvalue weighted by Crippen LogP contribution is -2.45. The molecule has 2 atom stereocenters. The summed E-state index contributed by atoms with van der Waals surface area (Å²) in [5, 5.41) is -0.0943. The van der Waals surface area contributed by atoms with E-state index in [1.54, 1.807) is 0 Å². The zero-order chi connectivity index (χ0) is 32.4. The number of alkyl halides is 2. The van der Waals surface area contributed by atoms with Crippen molar-refractivity contribution in [1.29, 1.82) is 0 Å². The molecule has 0 aromatic heterocycles. The van der Waals surface area contributed by atoms with Gasteiger partial charge in [-0.15, -0.1) is 23.2 Å². The van der Waals surface area contributed by atoms with Gasteiger partial charge in [0.15, 0.2) is 0 Å². The molecule has 3 aromatic rings. The minimum Gasteiger partial charge on any atom is -0.326 e. The highest BCUT2D eigenvalue weighted by Gasteiger charge is 2.57. The average Bonchev–Trinajstić information content (AvgIpc) is 3.52. The predicted octanol–water partition coefficient (Wildman–Crippen LogP) is 12.1. The first kappa shape index (κ1) is 33.4. The molecule has 3 aromatic carbocycles. The number of allylic oxidation sites excluding steroid dienone is 1. The fourth-order valence-electron chi connectivity index (χ4n) is 9.79. The van der Waals surface area contributed by atoms with Gasteiger partial charge in [0.2, 0.25) is 0 Å². The Morgan fingerprint density at radius 3 is 1.64 bits per heavy atom. The van der Waals surface area contributed by atoms with Crippen LogP contribution >= 0.6 is 30.1 Å². The van der Waals surface area contributed by atoms with Crippen LogP contribution in [-0.4, -0.2) is 40.2 Å². The van der Waals surface area contributed by atoms with E-state index in [2.05, 4.69) is 108 Å². The van der Waals surface area contributed by atoms with Crippen molar-refractivity contribution < 1.29 is 0 Å². The van der Waals surface area contributed by atoms with Gasteiger partial charge in [-0.25, -0.2) is 0 Å². The zero-order valence-corrected chi connectivity index (χ0v) is 30.9. The highest BCUT2D eigenvalue weighted by atomic mass is 35.5. The smallest absolute Gasteiger partial charge is 0.116 e. The minimum atomic E-state index is -2.02. The molecule has 0 N–H and O–H groups in total. The highest BCUT2D eigenvalue weighted by Crippen LogP contribution is 2.78. The van der Waals surface area contributed by atoms with Crippen LogP contribution in [0.15, 0.2) is 90.3 Å². The highest BCUT2D eigenvalue weighted by molar-refractivity contribution is 7.79. The van der Waals surface area contributed by atoms with Crippen LogP contribution in [0, 0.1) is 13.8 Å². The first-order valence-electron chi connectivity index (χ1n) is 18.5. The Kier molecular flexibility index (Phi) is 10.2. The van der Waals surface area contributed by atoms with E-state index in [1.165, 1.54) is 104 Å². The SMILES string of the molecule is Cc1ccccc1N1CCN(c2ccccc2C)C1=C1C(Cl)CCCC1(Cl)P(=Cc1ccccc1)(C1CCCCC1)C1CCCCC1. The molecule has 7 rings (SSSR count). The van der Waals surface area contributed by atoms with E-state index in [9.17, 15) is 0 Å². The number of hydrogen-bond acceptors (Lipinski definition) is 2. The molecule has 1 heterocycles. The van der Waals surface area contributed by atoms with Gasteiger partial charge in [-0.05, 0) is 98.9 Å². The van der Waals surface area contributed by atoms with E-state index in [0.29, 0.717) is 11.3 Å². The summed E-state index contributed by atoms with van der Waals surface area (Å²) in [4.78, 5) is 5.21. The van der Waals surface area contributed by atoms with Crippen molar-refractivity contribution in [3.63, 3.8) is 0 Å². The molecule has 0 bridgehead atoms. The molecule has 2 nitrogen and oxygen atoms in total. The topological polar surface area (TPSA) is 6.48 Å². The first-order valence-corrected chi connectivity index (χ1v) is 21.3. The van der Waals surface area contributed by atoms with E-state index in [0.717, 1.165) is 32.4 Å². The fraction of sp³-hybridized carbons (Fsp3) is 0.500. The van der Waals surface area contributed by atoms with Gasteiger partial charge in [0, 0.05) is 30.0 Å². The largest absolute Gasteiger partial charge is 0.326 e. The lowest BCUT2D eigenvalue weighted by Gasteiger charge is -2.57. The third kappa shape index (κ3) is 6.15. The maximum absolute atomic E-state index is 8.86. The molecule has 1 saturated heterocycles. The van der Waals surface area contributed by atoms with Gasteiger partial charge in [-0.1, -0.05) is 118 Å². The maximum atomic E-state index is 8.86. The summed E-state index contributed by atoms with van der Waals surface area (Å²) in [5.41, 5.74) is 9.18. The van der Waals surface area contributed by atoms with Gasteiger partial charge >= 0.3 is 0 Å². The van der Waals surface area contributed by atoms with Crippen LogP contribution in [0.4, 0.5) is 11.4 Å². The summed E-state index contributed by atoms with van der Waals surface area (Å²) < 4.78 is -0.487. The second-order valence-electron chi connectivity index (χ2n) is 14.7. The minimum absolute atomic E-state index is 0.0943. The molecule has 4 aliphatic rings. The molecule has 1 aliphatic heterocycles. The lowest BCUT2D eigenvalue weighted by atomic mass is 9.92. The van der Waals surface area contributed by atoms with E-state index in [1.807, 2.05) is 0 Å². The summed E-state index contributed by atoms with van der Waals surface area (Å²) in [6.07, 6.45) is 16.3. The molecule has 47 heavy (non-hydrogen) atoms.